The number of likely N-dealkylation sites (N-methyl/N-ethyl adjacent to an activating group) is 1. The quantitative estimate of drug-likeness (QED) is 0.746. The van der Waals surface area contributed by atoms with Crippen LogP contribution in [0, 0.1) is 17.8 Å². The lowest BCUT2D eigenvalue weighted by molar-refractivity contribution is -0.0763. The van der Waals surface area contributed by atoms with Gasteiger partial charge in [-0.1, -0.05) is 34.1 Å². The van der Waals surface area contributed by atoms with E-state index in [4.69, 9.17) is 4.74 Å². The number of ether oxygens (including phenoxy) is 1. The summed E-state index contributed by atoms with van der Waals surface area (Å²) in [5, 5.41) is 3.74. The zero-order chi connectivity index (χ0) is 14.5. The Balaban J connectivity index is 2.81. The molecule has 0 spiro atoms. The highest BCUT2D eigenvalue weighted by Gasteiger charge is 2.40. The molecule has 19 heavy (non-hydrogen) atoms. The van der Waals surface area contributed by atoms with Crippen LogP contribution in [-0.4, -0.2) is 24.8 Å². The van der Waals surface area contributed by atoms with Crippen molar-refractivity contribution in [3.63, 3.8) is 0 Å². The van der Waals surface area contributed by atoms with Gasteiger partial charge < -0.3 is 10.1 Å². The van der Waals surface area contributed by atoms with Gasteiger partial charge in [-0.15, -0.1) is 0 Å². The third-order valence-corrected chi connectivity index (χ3v) is 5.37. The first-order chi connectivity index (χ1) is 8.98. The van der Waals surface area contributed by atoms with Gasteiger partial charge in [-0.3, -0.25) is 0 Å². The summed E-state index contributed by atoms with van der Waals surface area (Å²) >= 11 is 0. The molecule has 0 saturated heterocycles. The summed E-state index contributed by atoms with van der Waals surface area (Å²) in [7, 11) is 0. The Labute approximate surface area is 120 Å². The van der Waals surface area contributed by atoms with E-state index in [0.717, 1.165) is 37.3 Å². The van der Waals surface area contributed by atoms with Gasteiger partial charge >= 0.3 is 0 Å². The molecule has 1 N–H and O–H groups in total. The molecule has 0 bridgehead atoms. The second kappa shape index (κ2) is 7.64. The van der Waals surface area contributed by atoms with E-state index < -0.39 is 0 Å². The maximum absolute atomic E-state index is 6.15. The molecule has 0 heterocycles. The van der Waals surface area contributed by atoms with E-state index in [0.29, 0.717) is 6.04 Å². The van der Waals surface area contributed by atoms with E-state index in [1.807, 2.05) is 0 Å². The average molecular weight is 269 g/mol. The van der Waals surface area contributed by atoms with Gasteiger partial charge in [-0.2, -0.15) is 0 Å². The summed E-state index contributed by atoms with van der Waals surface area (Å²) < 4.78 is 6.15. The maximum Gasteiger partial charge on any atom is 0.0806 e. The van der Waals surface area contributed by atoms with Gasteiger partial charge in [0.2, 0.25) is 0 Å². The molecule has 0 aliphatic heterocycles. The molecule has 0 aromatic heterocycles. The van der Waals surface area contributed by atoms with Crippen LogP contribution in [0.15, 0.2) is 0 Å². The van der Waals surface area contributed by atoms with E-state index >= 15 is 0 Å². The van der Waals surface area contributed by atoms with Crippen LogP contribution in [0.5, 0.6) is 0 Å². The van der Waals surface area contributed by atoms with Crippen molar-refractivity contribution in [2.45, 2.75) is 78.9 Å². The van der Waals surface area contributed by atoms with Crippen LogP contribution < -0.4 is 5.32 Å². The maximum atomic E-state index is 6.15. The second-order valence-electron chi connectivity index (χ2n) is 6.66. The van der Waals surface area contributed by atoms with E-state index in [1.165, 1.54) is 19.3 Å². The third-order valence-electron chi connectivity index (χ3n) is 5.37. The molecule has 1 aliphatic carbocycles. The molecule has 0 amide bonds. The van der Waals surface area contributed by atoms with Crippen LogP contribution in [0.3, 0.4) is 0 Å². The van der Waals surface area contributed by atoms with Crippen molar-refractivity contribution < 1.29 is 4.74 Å². The average Bonchev–Trinajstić information content (AvgIpc) is 2.39. The highest BCUT2D eigenvalue weighted by atomic mass is 16.5. The van der Waals surface area contributed by atoms with Crippen molar-refractivity contribution in [1.82, 2.24) is 5.32 Å². The predicted molar refractivity (Wildman–Crippen MR) is 83.5 cm³/mol. The zero-order valence-electron chi connectivity index (χ0n) is 14.0. The van der Waals surface area contributed by atoms with E-state index in [-0.39, 0.29) is 5.60 Å². The van der Waals surface area contributed by atoms with Gasteiger partial charge in [0.1, 0.15) is 0 Å². The van der Waals surface area contributed by atoms with E-state index in [1.54, 1.807) is 0 Å². The normalized spacial score (nSPS) is 32.8. The lowest BCUT2D eigenvalue weighted by Crippen LogP contribution is -2.55. The molecule has 0 radical (unpaired) electrons. The fourth-order valence-corrected chi connectivity index (χ4v) is 3.73. The molecule has 5 atom stereocenters. The van der Waals surface area contributed by atoms with Gasteiger partial charge in [0.15, 0.2) is 0 Å². The number of hydrogen-bond donors (Lipinski definition) is 1. The predicted octanol–water partition coefficient (Wildman–Crippen LogP) is 4.24. The van der Waals surface area contributed by atoms with Crippen molar-refractivity contribution in [3.8, 4) is 0 Å². The zero-order valence-corrected chi connectivity index (χ0v) is 14.0. The van der Waals surface area contributed by atoms with Gasteiger partial charge in [0, 0.05) is 12.6 Å². The van der Waals surface area contributed by atoms with Gasteiger partial charge in [0.25, 0.3) is 0 Å². The molecule has 1 fully saturated rings. The molecule has 1 aliphatic rings. The van der Waals surface area contributed by atoms with Crippen LogP contribution >= 0.6 is 0 Å². The van der Waals surface area contributed by atoms with Crippen molar-refractivity contribution in [1.29, 1.82) is 0 Å². The van der Waals surface area contributed by atoms with Crippen LogP contribution in [0.2, 0.25) is 0 Å². The number of nitrogens with one attached hydrogen (secondary N) is 1. The summed E-state index contributed by atoms with van der Waals surface area (Å²) in [6.07, 6.45) is 5.16. The van der Waals surface area contributed by atoms with Crippen molar-refractivity contribution in [2.75, 3.05) is 13.2 Å². The fourth-order valence-electron chi connectivity index (χ4n) is 3.73. The Morgan fingerprint density at radius 2 is 1.84 bits per heavy atom. The highest BCUT2D eigenvalue weighted by molar-refractivity contribution is 4.95. The molecule has 2 nitrogen and oxygen atoms in total. The smallest absolute Gasteiger partial charge is 0.0806 e. The minimum atomic E-state index is -0.0181. The molecule has 114 valence electrons. The van der Waals surface area contributed by atoms with E-state index in [9.17, 15) is 0 Å². The summed E-state index contributed by atoms with van der Waals surface area (Å²) in [4.78, 5) is 0. The van der Waals surface area contributed by atoms with Crippen molar-refractivity contribution in [3.05, 3.63) is 0 Å². The standard InChI is InChI=1S/C17H35NO/c1-7-17(6,19-9-3)16(18-8-2)15-11-10-13(4)14(5)12-15/h13-16,18H,7-12H2,1-6H3. The van der Waals surface area contributed by atoms with Crippen molar-refractivity contribution in [2.24, 2.45) is 17.8 Å². The number of hydrogen-bond acceptors (Lipinski definition) is 2. The summed E-state index contributed by atoms with van der Waals surface area (Å²) in [5.74, 6) is 2.50. The molecular formula is C17H35NO. The number of rotatable bonds is 7. The largest absolute Gasteiger partial charge is 0.374 e. The molecule has 5 unspecified atom stereocenters. The lowest BCUT2D eigenvalue weighted by atomic mass is 9.69. The van der Waals surface area contributed by atoms with Gasteiger partial charge in [-0.05, 0) is 57.4 Å². The van der Waals surface area contributed by atoms with Gasteiger partial charge in [-0.25, -0.2) is 0 Å². The summed E-state index contributed by atoms with van der Waals surface area (Å²) in [5.41, 5.74) is -0.0181. The first kappa shape index (κ1) is 17.0. The fraction of sp³-hybridized carbons (Fsp3) is 1.00. The monoisotopic (exact) mass is 269 g/mol. The Hall–Kier alpha value is -0.0800. The summed E-state index contributed by atoms with van der Waals surface area (Å²) in [6.45, 7) is 15.6. The summed E-state index contributed by atoms with van der Waals surface area (Å²) in [6, 6.07) is 0.498. The minimum Gasteiger partial charge on any atom is -0.374 e. The lowest BCUT2D eigenvalue weighted by Gasteiger charge is -2.45. The molecule has 1 saturated carbocycles. The van der Waals surface area contributed by atoms with Crippen LogP contribution in [0.1, 0.15) is 67.2 Å². The van der Waals surface area contributed by atoms with Gasteiger partial charge in [0.05, 0.1) is 5.60 Å². The van der Waals surface area contributed by atoms with Crippen LogP contribution in [-0.2, 0) is 4.74 Å². The Bertz CT molecular complexity index is 256. The minimum absolute atomic E-state index is 0.0181. The highest BCUT2D eigenvalue weighted by Crippen LogP contribution is 2.39. The van der Waals surface area contributed by atoms with E-state index in [2.05, 4.69) is 46.9 Å². The SMILES string of the molecule is CCNC(C1CCC(C)C(C)C1)C(C)(CC)OCC. The third kappa shape index (κ3) is 4.19. The first-order valence-electron chi connectivity index (χ1n) is 8.35. The topological polar surface area (TPSA) is 21.3 Å². The Morgan fingerprint density at radius 1 is 1.16 bits per heavy atom. The van der Waals surface area contributed by atoms with Crippen LogP contribution in [0.4, 0.5) is 0 Å². The molecule has 0 aromatic rings. The second-order valence-corrected chi connectivity index (χ2v) is 6.66. The molecule has 0 aromatic carbocycles. The van der Waals surface area contributed by atoms with Crippen molar-refractivity contribution >= 4 is 0 Å². The van der Waals surface area contributed by atoms with Crippen LogP contribution in [0.25, 0.3) is 0 Å². The Morgan fingerprint density at radius 3 is 2.32 bits per heavy atom. The first-order valence-corrected chi connectivity index (χ1v) is 8.35. The molecular weight excluding hydrogens is 234 g/mol. The molecule has 2 heteroatoms. The molecule has 1 rings (SSSR count). The Kier molecular flexibility index (Phi) is 6.82.